The third-order valence-electron chi connectivity index (χ3n) is 1.99. The summed E-state index contributed by atoms with van der Waals surface area (Å²) in [4.78, 5) is 0. The normalized spacial score (nSPS) is 13.0. The maximum Gasteiger partial charge on any atom is 0.0432 e. The maximum atomic E-state index is 5.35. The van der Waals surface area contributed by atoms with Crippen LogP contribution < -0.4 is 11.3 Å². The maximum absolute atomic E-state index is 5.35. The van der Waals surface area contributed by atoms with Crippen LogP contribution in [-0.2, 0) is 0 Å². The van der Waals surface area contributed by atoms with Crippen LogP contribution in [0.4, 0.5) is 0 Å². The van der Waals surface area contributed by atoms with Gasteiger partial charge >= 0.3 is 0 Å². The Labute approximate surface area is 73.8 Å². The molecule has 0 fully saturated rings. The Balaban J connectivity index is 3.00. The highest BCUT2D eigenvalue weighted by atomic mass is 15.2. The lowest BCUT2D eigenvalue weighted by atomic mass is 10.0. The molecule has 0 aliphatic rings. The van der Waals surface area contributed by atoms with Gasteiger partial charge in [0.25, 0.3) is 0 Å². The van der Waals surface area contributed by atoms with E-state index in [1.165, 1.54) is 16.7 Å². The number of nitrogens with two attached hydrogens (primary N) is 1. The summed E-state index contributed by atoms with van der Waals surface area (Å²) in [7, 11) is 0. The Morgan fingerprint density at radius 3 is 2.08 bits per heavy atom. The number of hydrazine groups is 1. The third kappa shape index (κ3) is 2.06. The zero-order valence-corrected chi connectivity index (χ0v) is 7.89. The number of rotatable bonds is 2. The van der Waals surface area contributed by atoms with E-state index in [0.29, 0.717) is 0 Å². The first kappa shape index (κ1) is 9.23. The fourth-order valence-corrected chi connectivity index (χ4v) is 1.36. The average Bonchev–Trinajstić information content (AvgIpc) is 2.01. The van der Waals surface area contributed by atoms with Crippen molar-refractivity contribution in [1.29, 1.82) is 0 Å². The molecule has 0 aliphatic carbocycles. The molecule has 0 heterocycles. The van der Waals surface area contributed by atoms with Gasteiger partial charge in [-0.2, -0.15) is 0 Å². The summed E-state index contributed by atoms with van der Waals surface area (Å²) in [5.74, 6) is 5.35. The van der Waals surface area contributed by atoms with E-state index in [1.54, 1.807) is 0 Å². The highest BCUT2D eigenvalue weighted by molar-refractivity contribution is 5.30. The molecule has 0 spiro atoms. The van der Waals surface area contributed by atoms with Crippen LogP contribution in [0.1, 0.15) is 29.7 Å². The first-order valence-corrected chi connectivity index (χ1v) is 4.18. The Morgan fingerprint density at radius 1 is 1.17 bits per heavy atom. The van der Waals surface area contributed by atoms with Crippen molar-refractivity contribution in [3.05, 3.63) is 34.9 Å². The summed E-state index contributed by atoms with van der Waals surface area (Å²) in [5, 5.41) is 0. The van der Waals surface area contributed by atoms with Gasteiger partial charge < -0.3 is 0 Å². The van der Waals surface area contributed by atoms with Crippen LogP contribution in [0, 0.1) is 13.8 Å². The Morgan fingerprint density at radius 2 is 1.67 bits per heavy atom. The smallest absolute Gasteiger partial charge is 0.0432 e. The number of aryl methyl sites for hydroxylation is 2. The lowest BCUT2D eigenvalue weighted by molar-refractivity contribution is 0.602. The predicted octanol–water partition coefficient (Wildman–Crippen LogP) is 1.83. The van der Waals surface area contributed by atoms with E-state index in [-0.39, 0.29) is 6.04 Å². The summed E-state index contributed by atoms with van der Waals surface area (Å²) >= 11 is 0. The third-order valence-corrected chi connectivity index (χ3v) is 1.99. The average molecular weight is 164 g/mol. The SMILES string of the molecule is Cc1cc(C)cc([C@H](C)NN)c1. The predicted molar refractivity (Wildman–Crippen MR) is 51.7 cm³/mol. The molecule has 0 amide bonds. The lowest BCUT2D eigenvalue weighted by Gasteiger charge is -2.11. The lowest BCUT2D eigenvalue weighted by Crippen LogP contribution is -2.25. The molecule has 0 aromatic heterocycles. The second-order valence-electron chi connectivity index (χ2n) is 3.31. The molecule has 2 heteroatoms. The van der Waals surface area contributed by atoms with E-state index >= 15 is 0 Å². The van der Waals surface area contributed by atoms with Gasteiger partial charge in [0.05, 0.1) is 0 Å². The van der Waals surface area contributed by atoms with Gasteiger partial charge in [0.15, 0.2) is 0 Å². The van der Waals surface area contributed by atoms with Crippen molar-refractivity contribution >= 4 is 0 Å². The summed E-state index contributed by atoms with van der Waals surface area (Å²) in [6.45, 7) is 6.24. The van der Waals surface area contributed by atoms with Crippen molar-refractivity contribution in [1.82, 2.24) is 5.43 Å². The number of hydrogen-bond acceptors (Lipinski definition) is 2. The van der Waals surface area contributed by atoms with E-state index in [2.05, 4.69) is 37.5 Å². The number of hydrogen-bond donors (Lipinski definition) is 2. The fraction of sp³-hybridized carbons (Fsp3) is 0.400. The van der Waals surface area contributed by atoms with E-state index < -0.39 is 0 Å². The van der Waals surface area contributed by atoms with Gasteiger partial charge in [-0.25, -0.2) is 0 Å². The van der Waals surface area contributed by atoms with Gasteiger partial charge in [-0.15, -0.1) is 0 Å². The molecule has 12 heavy (non-hydrogen) atoms. The summed E-state index contributed by atoms with van der Waals surface area (Å²) < 4.78 is 0. The molecule has 1 rings (SSSR count). The largest absolute Gasteiger partial charge is 0.271 e. The summed E-state index contributed by atoms with van der Waals surface area (Å²) in [6.07, 6.45) is 0. The van der Waals surface area contributed by atoms with Crippen LogP contribution in [0.3, 0.4) is 0 Å². The van der Waals surface area contributed by atoms with Gasteiger partial charge in [-0.1, -0.05) is 29.3 Å². The van der Waals surface area contributed by atoms with E-state index in [0.717, 1.165) is 0 Å². The Kier molecular flexibility index (Phi) is 2.84. The van der Waals surface area contributed by atoms with Crippen molar-refractivity contribution < 1.29 is 0 Å². The first-order valence-electron chi connectivity index (χ1n) is 4.18. The zero-order valence-electron chi connectivity index (χ0n) is 7.89. The van der Waals surface area contributed by atoms with Crippen LogP contribution in [0.25, 0.3) is 0 Å². The van der Waals surface area contributed by atoms with Crippen molar-refractivity contribution in [2.45, 2.75) is 26.8 Å². The van der Waals surface area contributed by atoms with E-state index in [9.17, 15) is 0 Å². The van der Waals surface area contributed by atoms with Crippen LogP contribution in [0.2, 0.25) is 0 Å². The van der Waals surface area contributed by atoms with Crippen LogP contribution >= 0.6 is 0 Å². The van der Waals surface area contributed by atoms with Gasteiger partial charge in [0.1, 0.15) is 0 Å². The van der Waals surface area contributed by atoms with Crippen molar-refractivity contribution in [2.24, 2.45) is 5.84 Å². The molecule has 66 valence electrons. The molecule has 0 unspecified atom stereocenters. The molecule has 1 aromatic rings. The standard InChI is InChI=1S/C10H16N2/c1-7-4-8(2)6-10(5-7)9(3)12-11/h4-6,9,12H,11H2,1-3H3/t9-/m0/s1. The molecule has 0 bridgehead atoms. The Bertz CT molecular complexity index is 248. The van der Waals surface area contributed by atoms with Crippen LogP contribution in [0.15, 0.2) is 18.2 Å². The minimum absolute atomic E-state index is 0.226. The van der Waals surface area contributed by atoms with Crippen LogP contribution in [-0.4, -0.2) is 0 Å². The summed E-state index contributed by atoms with van der Waals surface area (Å²) in [5.41, 5.74) is 6.55. The molecule has 0 saturated carbocycles. The van der Waals surface area contributed by atoms with Crippen molar-refractivity contribution in [3.8, 4) is 0 Å². The van der Waals surface area contributed by atoms with Crippen molar-refractivity contribution in [2.75, 3.05) is 0 Å². The second kappa shape index (κ2) is 3.70. The van der Waals surface area contributed by atoms with Gasteiger partial charge in [0.2, 0.25) is 0 Å². The minimum Gasteiger partial charge on any atom is -0.271 e. The monoisotopic (exact) mass is 164 g/mol. The molecule has 2 nitrogen and oxygen atoms in total. The van der Waals surface area contributed by atoms with Crippen LogP contribution in [0.5, 0.6) is 0 Å². The molecule has 0 radical (unpaired) electrons. The summed E-state index contributed by atoms with van der Waals surface area (Å²) in [6, 6.07) is 6.69. The highest BCUT2D eigenvalue weighted by Crippen LogP contribution is 2.15. The topological polar surface area (TPSA) is 38.0 Å². The van der Waals surface area contributed by atoms with Gasteiger partial charge in [-0.3, -0.25) is 11.3 Å². The minimum atomic E-state index is 0.226. The number of benzene rings is 1. The first-order chi connectivity index (χ1) is 5.63. The molecule has 3 N–H and O–H groups in total. The number of nitrogens with one attached hydrogen (secondary N) is 1. The molecule has 1 atom stereocenters. The molecule has 0 aliphatic heterocycles. The highest BCUT2D eigenvalue weighted by Gasteiger charge is 2.02. The molecular formula is C10H16N2. The second-order valence-corrected chi connectivity index (χ2v) is 3.31. The van der Waals surface area contributed by atoms with E-state index in [1.807, 2.05) is 6.92 Å². The van der Waals surface area contributed by atoms with Gasteiger partial charge in [0, 0.05) is 6.04 Å². The molecular weight excluding hydrogens is 148 g/mol. The van der Waals surface area contributed by atoms with E-state index in [4.69, 9.17) is 5.84 Å². The zero-order chi connectivity index (χ0) is 9.14. The Hall–Kier alpha value is -0.860. The molecule has 0 saturated heterocycles. The van der Waals surface area contributed by atoms with Gasteiger partial charge in [-0.05, 0) is 26.3 Å². The fourth-order valence-electron chi connectivity index (χ4n) is 1.36. The molecule has 1 aromatic carbocycles. The van der Waals surface area contributed by atoms with Crippen molar-refractivity contribution in [3.63, 3.8) is 0 Å². The quantitative estimate of drug-likeness (QED) is 0.517.